The summed E-state index contributed by atoms with van der Waals surface area (Å²) >= 11 is 5.48. The highest BCUT2D eigenvalue weighted by Crippen LogP contribution is 2.26. The Morgan fingerprint density at radius 2 is 2.20 bits per heavy atom. The molecule has 0 aromatic heterocycles. The number of anilines is 1. The smallest absolute Gasteiger partial charge is 0.224 e. The first kappa shape index (κ1) is 19.5. The van der Waals surface area contributed by atoms with E-state index in [1.807, 2.05) is 25.1 Å². The molecule has 0 saturated carbocycles. The maximum Gasteiger partial charge on any atom is 0.224 e. The van der Waals surface area contributed by atoms with Gasteiger partial charge in [-0.2, -0.15) is 0 Å². The highest BCUT2D eigenvalue weighted by molar-refractivity contribution is 7.80. The molecule has 5 nitrogen and oxygen atoms in total. The van der Waals surface area contributed by atoms with E-state index >= 15 is 0 Å². The molecule has 1 saturated heterocycles. The minimum atomic E-state index is -0.00669. The van der Waals surface area contributed by atoms with E-state index in [1.54, 1.807) is 7.11 Å². The minimum absolute atomic E-state index is 0.00669. The number of amides is 1. The standard InChI is InChI=1S/C19H29N3O2S/c1-13-8-9-16(24-5)15(11-13)20-17(23)7-6-10-22-14(2)12-19(3,4)21-18(22)25/h8-9,11,14H,6-7,10,12H2,1-5H3,(H,20,23)(H,21,25)/t14-/m1/s1. The molecule has 6 heteroatoms. The number of carbonyl (C=O) groups excluding carboxylic acids is 1. The van der Waals surface area contributed by atoms with Gasteiger partial charge in [0.2, 0.25) is 5.91 Å². The predicted molar refractivity (Wildman–Crippen MR) is 106 cm³/mol. The van der Waals surface area contributed by atoms with Crippen molar-refractivity contribution in [3.8, 4) is 5.75 Å². The lowest BCUT2D eigenvalue weighted by Crippen LogP contribution is -2.60. The number of methoxy groups -OCH3 is 1. The summed E-state index contributed by atoms with van der Waals surface area (Å²) in [5.74, 6) is 0.670. The molecule has 138 valence electrons. The SMILES string of the molecule is COc1ccc(C)cc1NC(=O)CCCN1C(=S)NC(C)(C)C[C@H]1C. The van der Waals surface area contributed by atoms with Crippen LogP contribution in [0.2, 0.25) is 0 Å². The number of ether oxygens (including phenoxy) is 1. The maximum atomic E-state index is 12.3. The second kappa shape index (κ2) is 8.04. The molecule has 2 rings (SSSR count). The van der Waals surface area contributed by atoms with Crippen LogP contribution < -0.4 is 15.4 Å². The Labute approximate surface area is 156 Å². The topological polar surface area (TPSA) is 53.6 Å². The molecule has 1 amide bonds. The fourth-order valence-electron chi connectivity index (χ4n) is 3.33. The normalized spacial score (nSPS) is 19.3. The Balaban J connectivity index is 1.85. The van der Waals surface area contributed by atoms with Crippen LogP contribution in [0.15, 0.2) is 18.2 Å². The summed E-state index contributed by atoms with van der Waals surface area (Å²) in [6, 6.07) is 6.13. The van der Waals surface area contributed by atoms with Crippen LogP contribution in [0.1, 0.15) is 45.6 Å². The molecule has 0 bridgehead atoms. The third-order valence-corrected chi connectivity index (χ3v) is 4.81. The number of hydrogen-bond donors (Lipinski definition) is 2. The Morgan fingerprint density at radius 1 is 1.48 bits per heavy atom. The van der Waals surface area contributed by atoms with Crippen molar-refractivity contribution in [2.24, 2.45) is 0 Å². The second-order valence-electron chi connectivity index (χ2n) is 7.42. The highest BCUT2D eigenvalue weighted by atomic mass is 32.1. The summed E-state index contributed by atoms with van der Waals surface area (Å²) in [6.07, 6.45) is 2.23. The van der Waals surface area contributed by atoms with Crippen LogP contribution in [0.3, 0.4) is 0 Å². The Bertz CT molecular complexity index is 646. The van der Waals surface area contributed by atoms with Gasteiger partial charge in [0.05, 0.1) is 12.8 Å². The average molecular weight is 364 g/mol. The van der Waals surface area contributed by atoms with Gasteiger partial charge in [-0.05, 0) is 70.5 Å². The molecule has 0 spiro atoms. The molecule has 0 radical (unpaired) electrons. The lowest BCUT2D eigenvalue weighted by molar-refractivity contribution is -0.116. The van der Waals surface area contributed by atoms with Gasteiger partial charge in [-0.15, -0.1) is 0 Å². The summed E-state index contributed by atoms with van der Waals surface area (Å²) in [5.41, 5.74) is 1.83. The molecular formula is C19H29N3O2S. The van der Waals surface area contributed by atoms with E-state index in [2.05, 4.69) is 36.3 Å². The average Bonchev–Trinajstić information content (AvgIpc) is 2.49. The molecule has 1 fully saturated rings. The van der Waals surface area contributed by atoms with Gasteiger partial charge in [-0.3, -0.25) is 4.79 Å². The number of hydrogen-bond acceptors (Lipinski definition) is 3. The fraction of sp³-hybridized carbons (Fsp3) is 0.579. The number of thiocarbonyl (C=S) groups is 1. The van der Waals surface area contributed by atoms with E-state index in [9.17, 15) is 4.79 Å². The molecule has 1 atom stereocenters. The molecule has 0 unspecified atom stereocenters. The molecule has 25 heavy (non-hydrogen) atoms. The van der Waals surface area contributed by atoms with Crippen LogP contribution >= 0.6 is 12.2 Å². The van der Waals surface area contributed by atoms with E-state index < -0.39 is 0 Å². The largest absolute Gasteiger partial charge is 0.495 e. The third-order valence-electron chi connectivity index (χ3n) is 4.48. The monoisotopic (exact) mass is 363 g/mol. The molecule has 2 N–H and O–H groups in total. The van der Waals surface area contributed by atoms with Crippen LogP contribution in [0, 0.1) is 6.92 Å². The van der Waals surface area contributed by atoms with E-state index in [0.717, 1.165) is 35.7 Å². The van der Waals surface area contributed by atoms with Gasteiger partial charge in [0.1, 0.15) is 5.75 Å². The van der Waals surface area contributed by atoms with Gasteiger partial charge in [0.25, 0.3) is 0 Å². The molecule has 1 aliphatic heterocycles. The van der Waals surface area contributed by atoms with Crippen LogP contribution in [0.4, 0.5) is 5.69 Å². The first-order valence-electron chi connectivity index (χ1n) is 8.75. The maximum absolute atomic E-state index is 12.3. The number of nitrogens with zero attached hydrogens (tertiary/aromatic N) is 1. The van der Waals surface area contributed by atoms with Crippen molar-refractivity contribution in [3.05, 3.63) is 23.8 Å². The highest BCUT2D eigenvalue weighted by Gasteiger charge is 2.32. The van der Waals surface area contributed by atoms with Crippen LogP contribution in [-0.4, -0.2) is 41.2 Å². The first-order valence-corrected chi connectivity index (χ1v) is 9.16. The zero-order valence-electron chi connectivity index (χ0n) is 15.8. The molecule has 0 aliphatic carbocycles. The molecule has 1 heterocycles. The Hall–Kier alpha value is -1.82. The number of nitrogens with one attached hydrogen (secondary N) is 2. The van der Waals surface area contributed by atoms with Gasteiger partial charge in [0, 0.05) is 24.5 Å². The van der Waals surface area contributed by atoms with Gasteiger partial charge in [-0.1, -0.05) is 6.07 Å². The Morgan fingerprint density at radius 3 is 2.84 bits per heavy atom. The number of carbonyl (C=O) groups is 1. The zero-order chi connectivity index (χ0) is 18.6. The summed E-state index contributed by atoms with van der Waals surface area (Å²) in [7, 11) is 1.60. The molecule has 1 aliphatic rings. The third kappa shape index (κ3) is 5.33. The van der Waals surface area contributed by atoms with Crippen LogP contribution in [0.25, 0.3) is 0 Å². The zero-order valence-corrected chi connectivity index (χ0v) is 16.6. The summed E-state index contributed by atoms with van der Waals surface area (Å²) < 4.78 is 5.30. The number of rotatable bonds is 6. The van der Waals surface area contributed by atoms with Crippen molar-refractivity contribution in [3.63, 3.8) is 0 Å². The number of benzene rings is 1. The van der Waals surface area contributed by atoms with Gasteiger partial charge in [0.15, 0.2) is 5.11 Å². The lowest BCUT2D eigenvalue weighted by atomic mass is 9.93. The van der Waals surface area contributed by atoms with Crippen molar-refractivity contribution in [2.75, 3.05) is 19.0 Å². The second-order valence-corrected chi connectivity index (χ2v) is 7.80. The lowest BCUT2D eigenvalue weighted by Gasteiger charge is -2.44. The van der Waals surface area contributed by atoms with E-state index in [-0.39, 0.29) is 11.4 Å². The van der Waals surface area contributed by atoms with Crippen LogP contribution in [-0.2, 0) is 4.79 Å². The molecular weight excluding hydrogens is 334 g/mol. The fourth-order valence-corrected chi connectivity index (χ4v) is 3.87. The summed E-state index contributed by atoms with van der Waals surface area (Å²) in [5, 5.41) is 7.10. The van der Waals surface area contributed by atoms with E-state index in [1.165, 1.54) is 0 Å². The molecule has 1 aromatic rings. The summed E-state index contributed by atoms with van der Waals surface area (Å²) in [6.45, 7) is 9.28. The van der Waals surface area contributed by atoms with Gasteiger partial charge >= 0.3 is 0 Å². The first-order chi connectivity index (χ1) is 11.7. The Kier molecular flexibility index (Phi) is 6.27. The van der Waals surface area contributed by atoms with Gasteiger partial charge < -0.3 is 20.3 Å². The van der Waals surface area contributed by atoms with Crippen molar-refractivity contribution < 1.29 is 9.53 Å². The quantitative estimate of drug-likeness (QED) is 0.758. The summed E-state index contributed by atoms with van der Waals surface area (Å²) in [4.78, 5) is 14.4. The molecule has 1 aromatic carbocycles. The van der Waals surface area contributed by atoms with E-state index in [0.29, 0.717) is 18.2 Å². The van der Waals surface area contributed by atoms with Crippen molar-refractivity contribution in [1.82, 2.24) is 10.2 Å². The van der Waals surface area contributed by atoms with Gasteiger partial charge in [-0.25, -0.2) is 0 Å². The minimum Gasteiger partial charge on any atom is -0.495 e. The van der Waals surface area contributed by atoms with Crippen molar-refractivity contribution in [1.29, 1.82) is 0 Å². The predicted octanol–water partition coefficient (Wildman–Crippen LogP) is 3.47. The van der Waals surface area contributed by atoms with Crippen molar-refractivity contribution >= 4 is 28.9 Å². The van der Waals surface area contributed by atoms with Crippen molar-refractivity contribution in [2.45, 2.75) is 58.5 Å². The van der Waals surface area contributed by atoms with Crippen LogP contribution in [0.5, 0.6) is 5.75 Å². The number of aryl methyl sites for hydroxylation is 1. The van der Waals surface area contributed by atoms with E-state index in [4.69, 9.17) is 17.0 Å².